The van der Waals surface area contributed by atoms with Gasteiger partial charge in [0.15, 0.2) is 0 Å². The number of nitrogens with zero attached hydrogens (tertiary/aromatic N) is 1. The Morgan fingerprint density at radius 3 is 2.83 bits per heavy atom. The van der Waals surface area contributed by atoms with Gasteiger partial charge in [-0.15, -0.1) is 0 Å². The number of rotatable bonds is 2. The standard InChI is InChI=1S/C7H8FNO2S/c1-3-11-6(10)5-4(2)9-7(8)12-5/h3H2,1-2H3. The van der Waals surface area contributed by atoms with Crippen LogP contribution in [0.3, 0.4) is 0 Å². The fraction of sp³-hybridized carbons (Fsp3) is 0.429. The van der Waals surface area contributed by atoms with Crippen molar-refractivity contribution in [1.82, 2.24) is 4.98 Å². The van der Waals surface area contributed by atoms with Crippen LogP contribution in [0.4, 0.5) is 4.39 Å². The number of esters is 1. The quantitative estimate of drug-likeness (QED) is 0.665. The molecule has 5 heteroatoms. The molecule has 0 aromatic carbocycles. The van der Waals surface area contributed by atoms with Gasteiger partial charge in [-0.1, -0.05) is 11.3 Å². The third kappa shape index (κ3) is 1.79. The van der Waals surface area contributed by atoms with Crippen LogP contribution in [0.5, 0.6) is 0 Å². The fourth-order valence-electron chi connectivity index (χ4n) is 0.750. The van der Waals surface area contributed by atoms with Crippen molar-refractivity contribution in [3.63, 3.8) is 0 Å². The zero-order chi connectivity index (χ0) is 9.14. The molecule has 0 bridgehead atoms. The number of thiazole rings is 1. The van der Waals surface area contributed by atoms with Gasteiger partial charge in [-0.25, -0.2) is 9.78 Å². The highest BCUT2D eigenvalue weighted by molar-refractivity contribution is 7.12. The molecule has 1 heterocycles. The topological polar surface area (TPSA) is 39.2 Å². The largest absolute Gasteiger partial charge is 0.462 e. The first kappa shape index (κ1) is 9.12. The molecule has 0 fully saturated rings. The molecule has 12 heavy (non-hydrogen) atoms. The van der Waals surface area contributed by atoms with Gasteiger partial charge in [0.25, 0.3) is 5.26 Å². The van der Waals surface area contributed by atoms with E-state index in [4.69, 9.17) is 0 Å². The maximum absolute atomic E-state index is 12.5. The van der Waals surface area contributed by atoms with Crippen molar-refractivity contribution in [1.29, 1.82) is 0 Å². The molecule has 0 N–H and O–H groups in total. The minimum atomic E-state index is -0.601. The van der Waals surface area contributed by atoms with E-state index in [2.05, 4.69) is 9.72 Å². The van der Waals surface area contributed by atoms with Gasteiger partial charge in [0.2, 0.25) is 0 Å². The molecule has 1 aromatic rings. The third-order valence-electron chi connectivity index (χ3n) is 1.23. The molecule has 0 atom stereocenters. The first-order valence-electron chi connectivity index (χ1n) is 3.45. The van der Waals surface area contributed by atoms with E-state index in [9.17, 15) is 9.18 Å². The van der Waals surface area contributed by atoms with E-state index in [1.165, 1.54) is 0 Å². The summed E-state index contributed by atoms with van der Waals surface area (Å²) in [6.45, 7) is 3.56. The molecule has 0 saturated heterocycles. The lowest BCUT2D eigenvalue weighted by atomic mass is 10.4. The van der Waals surface area contributed by atoms with E-state index in [-0.39, 0.29) is 11.5 Å². The van der Waals surface area contributed by atoms with Gasteiger partial charge < -0.3 is 4.74 Å². The summed E-state index contributed by atoms with van der Waals surface area (Å²) in [6, 6.07) is 0. The van der Waals surface area contributed by atoms with Crippen LogP contribution in [0.1, 0.15) is 22.3 Å². The predicted octanol–water partition coefficient (Wildman–Crippen LogP) is 1.77. The van der Waals surface area contributed by atoms with Crippen molar-refractivity contribution in [2.45, 2.75) is 13.8 Å². The maximum atomic E-state index is 12.5. The van der Waals surface area contributed by atoms with Crippen molar-refractivity contribution in [3.05, 3.63) is 15.8 Å². The average molecular weight is 189 g/mol. The van der Waals surface area contributed by atoms with Crippen LogP contribution in [0.2, 0.25) is 0 Å². The molecule has 0 aliphatic rings. The molecule has 1 aromatic heterocycles. The van der Waals surface area contributed by atoms with Gasteiger partial charge >= 0.3 is 5.97 Å². The maximum Gasteiger partial charge on any atom is 0.350 e. The number of aryl methyl sites for hydroxylation is 1. The Hall–Kier alpha value is -0.970. The highest BCUT2D eigenvalue weighted by Crippen LogP contribution is 2.17. The van der Waals surface area contributed by atoms with E-state index < -0.39 is 11.2 Å². The van der Waals surface area contributed by atoms with Gasteiger partial charge in [-0.3, -0.25) is 0 Å². The monoisotopic (exact) mass is 189 g/mol. The second-order valence-corrected chi connectivity index (χ2v) is 3.05. The Kier molecular flexibility index (Phi) is 2.75. The second-order valence-electron chi connectivity index (χ2n) is 2.10. The molecule has 3 nitrogen and oxygen atoms in total. The number of aromatic nitrogens is 1. The Labute approximate surface area is 73.2 Å². The van der Waals surface area contributed by atoms with Crippen LogP contribution < -0.4 is 0 Å². The highest BCUT2D eigenvalue weighted by atomic mass is 32.1. The van der Waals surface area contributed by atoms with E-state index in [0.717, 1.165) is 0 Å². The minimum Gasteiger partial charge on any atom is -0.462 e. The van der Waals surface area contributed by atoms with Crippen LogP contribution in [-0.2, 0) is 4.74 Å². The number of carbonyl (C=O) groups is 1. The van der Waals surface area contributed by atoms with Gasteiger partial charge in [0.05, 0.1) is 12.3 Å². The molecule has 0 aliphatic heterocycles. The summed E-state index contributed by atoms with van der Waals surface area (Å²) >= 11 is 0.710. The molecule has 1 rings (SSSR count). The molecule has 0 amide bonds. The van der Waals surface area contributed by atoms with Crippen LogP contribution in [0, 0.1) is 12.2 Å². The molecular weight excluding hydrogens is 181 g/mol. The SMILES string of the molecule is CCOC(=O)c1sc(F)nc1C. The van der Waals surface area contributed by atoms with Gasteiger partial charge in [-0.2, -0.15) is 4.39 Å². The summed E-state index contributed by atoms with van der Waals surface area (Å²) in [7, 11) is 0. The minimum absolute atomic E-state index is 0.245. The number of carbonyl (C=O) groups excluding carboxylic acids is 1. The Balaban J connectivity index is 2.87. The molecule has 0 radical (unpaired) electrons. The molecule has 0 spiro atoms. The molecule has 0 aliphatic carbocycles. The lowest BCUT2D eigenvalue weighted by Crippen LogP contribution is -2.03. The summed E-state index contributed by atoms with van der Waals surface area (Å²) in [5.41, 5.74) is 0.385. The zero-order valence-corrected chi connectivity index (χ0v) is 7.57. The Morgan fingerprint density at radius 2 is 2.42 bits per heavy atom. The third-order valence-corrected chi connectivity index (χ3v) is 2.16. The van der Waals surface area contributed by atoms with Crippen molar-refractivity contribution in [2.75, 3.05) is 6.61 Å². The highest BCUT2D eigenvalue weighted by Gasteiger charge is 2.15. The summed E-state index contributed by atoms with van der Waals surface area (Å²) in [5.74, 6) is -0.503. The van der Waals surface area contributed by atoms with E-state index >= 15 is 0 Å². The van der Waals surface area contributed by atoms with Crippen LogP contribution in [0.25, 0.3) is 0 Å². The van der Waals surface area contributed by atoms with Gasteiger partial charge in [0.1, 0.15) is 4.88 Å². The normalized spacial score (nSPS) is 9.92. The first-order valence-corrected chi connectivity index (χ1v) is 4.26. The Bertz CT molecular complexity index is 298. The smallest absolute Gasteiger partial charge is 0.350 e. The second kappa shape index (κ2) is 3.62. The van der Waals surface area contributed by atoms with Crippen molar-refractivity contribution >= 4 is 17.3 Å². The number of ether oxygens (including phenoxy) is 1. The average Bonchev–Trinajstić information content (AvgIpc) is 2.30. The molecule has 0 saturated carbocycles. The molecular formula is C7H8FNO2S. The predicted molar refractivity (Wildman–Crippen MR) is 42.8 cm³/mol. The van der Waals surface area contributed by atoms with Crippen LogP contribution in [0.15, 0.2) is 0 Å². The lowest BCUT2D eigenvalue weighted by Gasteiger charge is -1.97. The van der Waals surface area contributed by atoms with Crippen molar-refractivity contribution < 1.29 is 13.9 Å². The summed E-state index contributed by atoms with van der Waals surface area (Å²) < 4.78 is 17.2. The summed E-state index contributed by atoms with van der Waals surface area (Å²) in [5, 5.41) is -0.601. The molecule has 66 valence electrons. The number of halogens is 1. The van der Waals surface area contributed by atoms with Gasteiger partial charge in [-0.05, 0) is 13.8 Å². The van der Waals surface area contributed by atoms with Crippen molar-refractivity contribution in [3.8, 4) is 0 Å². The number of hydrogen-bond acceptors (Lipinski definition) is 4. The lowest BCUT2D eigenvalue weighted by molar-refractivity contribution is 0.0531. The van der Waals surface area contributed by atoms with E-state index in [1.807, 2.05) is 0 Å². The van der Waals surface area contributed by atoms with E-state index in [0.29, 0.717) is 17.0 Å². The van der Waals surface area contributed by atoms with Crippen molar-refractivity contribution in [2.24, 2.45) is 0 Å². The number of hydrogen-bond donors (Lipinski definition) is 0. The van der Waals surface area contributed by atoms with Gasteiger partial charge in [0, 0.05) is 0 Å². The fourth-order valence-corrected chi connectivity index (χ4v) is 1.44. The first-order chi connectivity index (χ1) is 5.65. The molecule has 0 unspecified atom stereocenters. The van der Waals surface area contributed by atoms with E-state index in [1.54, 1.807) is 13.8 Å². The Morgan fingerprint density at radius 1 is 1.75 bits per heavy atom. The van der Waals surface area contributed by atoms with Crippen LogP contribution >= 0.6 is 11.3 Å². The zero-order valence-electron chi connectivity index (χ0n) is 6.76. The summed E-state index contributed by atoms with van der Waals surface area (Å²) in [4.78, 5) is 14.8. The summed E-state index contributed by atoms with van der Waals surface area (Å²) in [6.07, 6.45) is 0. The van der Waals surface area contributed by atoms with Crippen LogP contribution in [-0.4, -0.2) is 17.6 Å².